The molecular formula is C29H28F2N8O4S. The van der Waals surface area contributed by atoms with Gasteiger partial charge >= 0.3 is 0 Å². The van der Waals surface area contributed by atoms with Crippen molar-refractivity contribution < 1.29 is 26.4 Å². The van der Waals surface area contributed by atoms with Crippen molar-refractivity contribution in [3.05, 3.63) is 66.3 Å². The standard InChI is InChI=1S/C29H28F2N8O4S/c1-42-29-25(37-44(40,41)26-5-4-19(30)12-23(26)31)11-18(13-32-29)17-9-21(22-14-33-34-24(22)10-17)28-36-35-27(43-28)16-38-7-8-39-6-2-3-20(39)15-38/h4-5,9-14,20,37H,2-3,6-8,15-16H2,1H3,(H,33,34). The summed E-state index contributed by atoms with van der Waals surface area (Å²) < 4.78 is 67.5. The summed E-state index contributed by atoms with van der Waals surface area (Å²) >= 11 is 0. The number of rotatable bonds is 8. The smallest absolute Gasteiger partial charge is 0.264 e. The zero-order chi connectivity index (χ0) is 30.4. The minimum atomic E-state index is -4.45. The minimum Gasteiger partial charge on any atom is -0.480 e. The number of piperazine rings is 1. The third-order valence-corrected chi connectivity index (χ3v) is 9.49. The zero-order valence-electron chi connectivity index (χ0n) is 23.6. The average Bonchev–Trinajstić information content (AvgIpc) is 3.77. The SMILES string of the molecule is COc1ncc(-c2cc(-c3nnc(CN4CCN5CCCC5C4)o3)c3cn[nH]c3c2)cc1NS(=O)(=O)c1ccc(F)cc1F. The van der Waals surface area contributed by atoms with Crippen molar-refractivity contribution in [2.24, 2.45) is 0 Å². The van der Waals surface area contributed by atoms with Crippen molar-refractivity contribution in [2.45, 2.75) is 30.3 Å². The first-order chi connectivity index (χ1) is 21.3. The van der Waals surface area contributed by atoms with Gasteiger partial charge in [0.2, 0.25) is 17.7 Å². The number of pyridine rings is 1. The molecule has 5 heterocycles. The van der Waals surface area contributed by atoms with E-state index in [2.05, 4.69) is 39.9 Å². The second-order valence-corrected chi connectivity index (χ2v) is 12.5. The van der Waals surface area contributed by atoms with Gasteiger partial charge in [-0.25, -0.2) is 22.2 Å². The number of nitrogens with one attached hydrogen (secondary N) is 2. The molecular weight excluding hydrogens is 594 g/mol. The molecule has 0 aliphatic carbocycles. The predicted molar refractivity (Wildman–Crippen MR) is 156 cm³/mol. The molecule has 12 nitrogen and oxygen atoms in total. The normalized spacial score (nSPS) is 17.7. The van der Waals surface area contributed by atoms with Crippen LogP contribution in [0.5, 0.6) is 5.88 Å². The molecule has 0 amide bonds. The number of fused-ring (bicyclic) bond motifs is 2. The van der Waals surface area contributed by atoms with Gasteiger partial charge in [0.25, 0.3) is 10.0 Å². The lowest BCUT2D eigenvalue weighted by molar-refractivity contribution is 0.0929. The molecule has 2 saturated heterocycles. The van der Waals surface area contributed by atoms with Crippen molar-refractivity contribution in [3.63, 3.8) is 0 Å². The molecule has 1 unspecified atom stereocenters. The second kappa shape index (κ2) is 11.2. The molecule has 2 aromatic carbocycles. The first-order valence-electron chi connectivity index (χ1n) is 14.1. The molecule has 0 bridgehead atoms. The Morgan fingerprint density at radius 1 is 1.09 bits per heavy atom. The third kappa shape index (κ3) is 5.37. The van der Waals surface area contributed by atoms with Gasteiger partial charge in [-0.15, -0.1) is 10.2 Å². The highest BCUT2D eigenvalue weighted by molar-refractivity contribution is 7.92. The van der Waals surface area contributed by atoms with Crippen molar-refractivity contribution in [2.75, 3.05) is 38.0 Å². The van der Waals surface area contributed by atoms with E-state index in [0.717, 1.165) is 37.2 Å². The number of aromatic nitrogens is 5. The van der Waals surface area contributed by atoms with Crippen molar-refractivity contribution in [3.8, 4) is 28.5 Å². The molecule has 2 aliphatic rings. The maximum atomic E-state index is 14.3. The largest absolute Gasteiger partial charge is 0.480 e. The van der Waals surface area contributed by atoms with E-state index in [1.165, 1.54) is 38.8 Å². The van der Waals surface area contributed by atoms with E-state index >= 15 is 0 Å². The quantitative estimate of drug-likeness (QED) is 0.260. The number of hydrogen-bond donors (Lipinski definition) is 2. The van der Waals surface area contributed by atoms with E-state index in [-0.39, 0.29) is 11.6 Å². The summed E-state index contributed by atoms with van der Waals surface area (Å²) in [6, 6.07) is 7.95. The molecule has 228 valence electrons. The summed E-state index contributed by atoms with van der Waals surface area (Å²) in [6.45, 7) is 4.69. The molecule has 2 aliphatic heterocycles. The molecule has 5 aromatic rings. The number of sulfonamides is 1. The molecule has 15 heteroatoms. The van der Waals surface area contributed by atoms with E-state index in [4.69, 9.17) is 9.15 Å². The van der Waals surface area contributed by atoms with Crippen LogP contribution in [0.15, 0.2) is 58.1 Å². The van der Waals surface area contributed by atoms with Crippen LogP contribution in [0, 0.1) is 11.6 Å². The number of aromatic amines is 1. The number of nitrogens with zero attached hydrogens (tertiary/aromatic N) is 6. The lowest BCUT2D eigenvalue weighted by Gasteiger charge is -2.36. The summed E-state index contributed by atoms with van der Waals surface area (Å²) in [6.07, 6.45) is 5.63. The summed E-state index contributed by atoms with van der Waals surface area (Å²) in [5, 5.41) is 16.6. The van der Waals surface area contributed by atoms with Crippen LogP contribution in [0.1, 0.15) is 18.7 Å². The fourth-order valence-electron chi connectivity index (χ4n) is 5.95. The third-order valence-electron chi connectivity index (χ3n) is 8.09. The van der Waals surface area contributed by atoms with Gasteiger partial charge in [0.1, 0.15) is 22.2 Å². The molecule has 3 aromatic heterocycles. The average molecular weight is 623 g/mol. The van der Waals surface area contributed by atoms with Gasteiger partial charge in [-0.2, -0.15) is 5.10 Å². The minimum absolute atomic E-state index is 0.0392. The maximum absolute atomic E-state index is 14.3. The summed E-state index contributed by atoms with van der Waals surface area (Å²) in [5.74, 6) is -1.32. The topological polar surface area (TPSA) is 142 Å². The molecule has 2 fully saturated rings. The van der Waals surface area contributed by atoms with Crippen LogP contribution >= 0.6 is 0 Å². The van der Waals surface area contributed by atoms with Crippen LogP contribution in [-0.2, 0) is 16.6 Å². The fourth-order valence-corrected chi connectivity index (χ4v) is 7.06. The maximum Gasteiger partial charge on any atom is 0.264 e. The first kappa shape index (κ1) is 28.3. The van der Waals surface area contributed by atoms with Crippen LogP contribution in [0.25, 0.3) is 33.5 Å². The van der Waals surface area contributed by atoms with E-state index in [1.807, 2.05) is 12.1 Å². The Kier molecular flexibility index (Phi) is 7.22. The van der Waals surface area contributed by atoms with Gasteiger partial charge in [-0.3, -0.25) is 19.6 Å². The highest BCUT2D eigenvalue weighted by Crippen LogP contribution is 2.36. The molecule has 0 saturated carbocycles. The van der Waals surface area contributed by atoms with Gasteiger partial charge in [0.15, 0.2) is 0 Å². The highest BCUT2D eigenvalue weighted by Gasteiger charge is 2.31. The van der Waals surface area contributed by atoms with Crippen molar-refractivity contribution >= 4 is 26.6 Å². The Hall–Kier alpha value is -4.47. The lowest BCUT2D eigenvalue weighted by Crippen LogP contribution is -2.49. The number of H-pyrrole nitrogens is 1. The second-order valence-electron chi connectivity index (χ2n) is 10.9. The molecule has 7 rings (SSSR count). The van der Waals surface area contributed by atoms with Crippen LogP contribution in [0.2, 0.25) is 0 Å². The Bertz CT molecular complexity index is 1960. The Morgan fingerprint density at radius 2 is 1.98 bits per heavy atom. The molecule has 2 N–H and O–H groups in total. The fraction of sp³-hybridized carbons (Fsp3) is 0.310. The van der Waals surface area contributed by atoms with Gasteiger partial charge < -0.3 is 9.15 Å². The summed E-state index contributed by atoms with van der Waals surface area (Å²) in [7, 11) is -3.12. The van der Waals surface area contributed by atoms with Crippen molar-refractivity contribution in [1.29, 1.82) is 0 Å². The van der Waals surface area contributed by atoms with E-state index in [9.17, 15) is 17.2 Å². The van der Waals surface area contributed by atoms with E-state index in [0.29, 0.717) is 52.6 Å². The summed E-state index contributed by atoms with van der Waals surface area (Å²) in [5.41, 5.74) is 2.42. The van der Waals surface area contributed by atoms with E-state index in [1.54, 1.807) is 6.20 Å². The first-order valence-corrected chi connectivity index (χ1v) is 15.5. The van der Waals surface area contributed by atoms with Crippen LogP contribution < -0.4 is 9.46 Å². The lowest BCUT2D eigenvalue weighted by atomic mass is 10.0. The highest BCUT2D eigenvalue weighted by atomic mass is 32.2. The Labute approximate surface area is 251 Å². The number of halogens is 2. The predicted octanol–water partition coefficient (Wildman–Crippen LogP) is 4.04. The number of ether oxygens (including phenoxy) is 1. The number of methoxy groups -OCH3 is 1. The Balaban J connectivity index is 1.19. The van der Waals surface area contributed by atoms with Crippen LogP contribution in [0.3, 0.4) is 0 Å². The Morgan fingerprint density at radius 3 is 2.82 bits per heavy atom. The zero-order valence-corrected chi connectivity index (χ0v) is 24.4. The number of anilines is 1. The molecule has 44 heavy (non-hydrogen) atoms. The van der Waals surface area contributed by atoms with Crippen molar-refractivity contribution in [1.82, 2.24) is 35.2 Å². The van der Waals surface area contributed by atoms with Gasteiger partial charge in [0.05, 0.1) is 30.9 Å². The monoisotopic (exact) mass is 622 g/mol. The van der Waals surface area contributed by atoms with Crippen LogP contribution in [0.4, 0.5) is 14.5 Å². The molecule has 1 atom stereocenters. The summed E-state index contributed by atoms with van der Waals surface area (Å²) in [4.78, 5) is 8.43. The van der Waals surface area contributed by atoms with Gasteiger partial charge in [0, 0.05) is 48.9 Å². The van der Waals surface area contributed by atoms with Gasteiger partial charge in [-0.1, -0.05) is 0 Å². The van der Waals surface area contributed by atoms with Gasteiger partial charge in [-0.05, 0) is 55.3 Å². The number of benzene rings is 2. The number of hydrogen-bond acceptors (Lipinski definition) is 10. The van der Waals surface area contributed by atoms with E-state index < -0.39 is 26.6 Å². The van der Waals surface area contributed by atoms with Crippen LogP contribution in [-0.4, -0.2) is 82.9 Å². The molecule has 0 spiro atoms. The molecule has 0 radical (unpaired) electrons.